The third kappa shape index (κ3) is 5.68. The van der Waals surface area contributed by atoms with Gasteiger partial charge in [0.2, 0.25) is 5.91 Å². The van der Waals surface area contributed by atoms with Gasteiger partial charge < -0.3 is 20.5 Å². The molecule has 0 unspecified atom stereocenters. The fourth-order valence-electron chi connectivity index (χ4n) is 4.21. The van der Waals surface area contributed by atoms with Gasteiger partial charge in [-0.05, 0) is 28.2 Å². The molecule has 1 aromatic heterocycles. The zero-order valence-electron chi connectivity index (χ0n) is 19.5. The summed E-state index contributed by atoms with van der Waals surface area (Å²) < 4.78 is 5.53. The molecule has 3 N–H and O–H groups in total. The van der Waals surface area contributed by atoms with Crippen molar-refractivity contribution < 1.29 is 24.2 Å². The number of amides is 2. The number of ether oxygens (including phenoxy) is 1. The molecular formula is C26H27N3O5S. The first kappa shape index (κ1) is 24.4. The number of aliphatic carboxylic acids is 1. The Bertz CT molecular complexity index is 1190. The van der Waals surface area contributed by atoms with Gasteiger partial charge in [-0.1, -0.05) is 62.4 Å². The van der Waals surface area contributed by atoms with E-state index in [0.717, 1.165) is 11.1 Å². The molecule has 2 aromatic carbocycles. The minimum Gasteiger partial charge on any atom is -0.480 e. The Morgan fingerprint density at radius 3 is 2.29 bits per heavy atom. The molecular weight excluding hydrogens is 466 g/mol. The van der Waals surface area contributed by atoms with Crippen molar-refractivity contribution in [1.82, 2.24) is 15.6 Å². The second-order valence-corrected chi connectivity index (χ2v) is 9.66. The molecule has 0 fully saturated rings. The lowest BCUT2D eigenvalue weighted by atomic mass is 9.98. The highest BCUT2D eigenvalue weighted by atomic mass is 32.1. The van der Waals surface area contributed by atoms with E-state index in [1.807, 2.05) is 24.3 Å². The number of rotatable bonds is 9. The van der Waals surface area contributed by atoms with E-state index in [1.54, 1.807) is 19.2 Å². The summed E-state index contributed by atoms with van der Waals surface area (Å²) in [6.07, 6.45) is -0.569. The Kier molecular flexibility index (Phi) is 7.45. The SMILES string of the molecule is CC(C)[C@H](NC(=O)Cc1csc(CNC(=O)OCC2c3ccccc3-c3ccccc32)n1)C(=O)O. The maximum atomic E-state index is 12.4. The van der Waals surface area contributed by atoms with Crippen molar-refractivity contribution in [3.8, 4) is 11.1 Å². The van der Waals surface area contributed by atoms with Crippen molar-refractivity contribution in [3.63, 3.8) is 0 Å². The van der Waals surface area contributed by atoms with Gasteiger partial charge >= 0.3 is 12.1 Å². The fraction of sp³-hybridized carbons (Fsp3) is 0.308. The first-order valence-corrected chi connectivity index (χ1v) is 12.3. The standard InChI is InChI=1S/C26H27N3O5S/c1-15(2)24(25(31)32)29-22(30)11-16-14-35-23(28-16)12-27-26(33)34-13-21-19-9-5-3-7-17(19)18-8-4-6-10-20(18)21/h3-10,14-15,21,24H,11-13H2,1-2H3,(H,27,33)(H,29,30)(H,31,32)/t24-/m0/s1. The van der Waals surface area contributed by atoms with Gasteiger partial charge in [-0.25, -0.2) is 14.6 Å². The maximum absolute atomic E-state index is 12.4. The lowest BCUT2D eigenvalue weighted by Gasteiger charge is -2.17. The van der Waals surface area contributed by atoms with Crippen LogP contribution >= 0.6 is 11.3 Å². The lowest BCUT2D eigenvalue weighted by molar-refractivity contribution is -0.143. The molecule has 1 atom stereocenters. The molecule has 1 aliphatic rings. The van der Waals surface area contributed by atoms with Crippen molar-refractivity contribution in [2.75, 3.05) is 6.61 Å². The minimum atomic E-state index is -1.07. The summed E-state index contributed by atoms with van der Waals surface area (Å²) in [5, 5.41) is 16.8. The smallest absolute Gasteiger partial charge is 0.407 e. The van der Waals surface area contributed by atoms with E-state index in [9.17, 15) is 19.5 Å². The van der Waals surface area contributed by atoms with E-state index in [1.165, 1.54) is 22.5 Å². The molecule has 35 heavy (non-hydrogen) atoms. The van der Waals surface area contributed by atoms with Crippen LogP contribution in [0.1, 0.15) is 41.6 Å². The number of fused-ring (bicyclic) bond motifs is 3. The molecule has 0 saturated carbocycles. The first-order chi connectivity index (χ1) is 16.8. The highest BCUT2D eigenvalue weighted by molar-refractivity contribution is 7.09. The molecule has 0 bridgehead atoms. The Balaban J connectivity index is 1.27. The van der Waals surface area contributed by atoms with Gasteiger partial charge in [0.25, 0.3) is 0 Å². The number of carbonyl (C=O) groups is 3. The van der Waals surface area contributed by atoms with Gasteiger partial charge in [0.15, 0.2) is 0 Å². The third-order valence-electron chi connectivity index (χ3n) is 5.92. The highest BCUT2D eigenvalue weighted by Crippen LogP contribution is 2.44. The number of hydrogen-bond acceptors (Lipinski definition) is 6. The molecule has 0 spiro atoms. The van der Waals surface area contributed by atoms with Crippen LogP contribution in [0, 0.1) is 5.92 Å². The van der Waals surface area contributed by atoms with Crippen LogP contribution in [0.25, 0.3) is 11.1 Å². The van der Waals surface area contributed by atoms with Crippen LogP contribution in [0.3, 0.4) is 0 Å². The predicted octanol–water partition coefficient (Wildman–Crippen LogP) is 3.95. The molecule has 3 aromatic rings. The molecule has 0 saturated heterocycles. The number of carbonyl (C=O) groups excluding carboxylic acids is 2. The summed E-state index contributed by atoms with van der Waals surface area (Å²) in [7, 11) is 0. The summed E-state index contributed by atoms with van der Waals surface area (Å²) >= 11 is 1.31. The van der Waals surface area contributed by atoms with Crippen molar-refractivity contribution >= 4 is 29.3 Å². The van der Waals surface area contributed by atoms with Gasteiger partial charge in [0.05, 0.1) is 18.7 Å². The van der Waals surface area contributed by atoms with Crippen molar-refractivity contribution in [2.24, 2.45) is 5.92 Å². The van der Waals surface area contributed by atoms with Crippen LogP contribution in [0.5, 0.6) is 0 Å². The van der Waals surface area contributed by atoms with Crippen molar-refractivity contribution in [3.05, 3.63) is 75.7 Å². The number of hydrogen-bond donors (Lipinski definition) is 3. The molecule has 182 valence electrons. The Labute approximate surface area is 207 Å². The van der Waals surface area contributed by atoms with Gasteiger partial charge in [0.1, 0.15) is 17.7 Å². The predicted molar refractivity (Wildman–Crippen MR) is 132 cm³/mol. The fourth-order valence-corrected chi connectivity index (χ4v) is 4.94. The Morgan fingerprint density at radius 1 is 1.06 bits per heavy atom. The number of alkyl carbamates (subject to hydrolysis) is 1. The number of carboxylic acid groups (broad SMARTS) is 1. The van der Waals surface area contributed by atoms with Gasteiger partial charge in [-0.15, -0.1) is 11.3 Å². The molecule has 9 heteroatoms. The maximum Gasteiger partial charge on any atom is 0.407 e. The minimum absolute atomic E-state index is 0.0152. The van der Waals surface area contributed by atoms with E-state index in [2.05, 4.69) is 39.9 Å². The topological polar surface area (TPSA) is 118 Å². The zero-order chi connectivity index (χ0) is 24.9. The highest BCUT2D eigenvalue weighted by Gasteiger charge is 2.29. The van der Waals surface area contributed by atoms with E-state index >= 15 is 0 Å². The zero-order valence-corrected chi connectivity index (χ0v) is 20.3. The van der Waals surface area contributed by atoms with E-state index in [-0.39, 0.29) is 31.4 Å². The Morgan fingerprint density at radius 2 is 1.69 bits per heavy atom. The van der Waals surface area contributed by atoms with E-state index in [4.69, 9.17) is 4.74 Å². The van der Waals surface area contributed by atoms with E-state index < -0.39 is 24.0 Å². The van der Waals surface area contributed by atoms with Crippen molar-refractivity contribution in [1.29, 1.82) is 0 Å². The van der Waals surface area contributed by atoms with Crippen LogP contribution in [0.2, 0.25) is 0 Å². The largest absolute Gasteiger partial charge is 0.480 e. The molecule has 1 heterocycles. The molecule has 2 amide bonds. The summed E-state index contributed by atoms with van der Waals surface area (Å²) in [6.45, 7) is 3.86. The second-order valence-electron chi connectivity index (χ2n) is 8.72. The van der Waals surface area contributed by atoms with Crippen LogP contribution in [0.15, 0.2) is 53.9 Å². The number of carboxylic acids is 1. The summed E-state index contributed by atoms with van der Waals surface area (Å²) in [5.41, 5.74) is 5.14. The molecule has 8 nitrogen and oxygen atoms in total. The molecule has 0 radical (unpaired) electrons. The number of thiazole rings is 1. The van der Waals surface area contributed by atoms with Crippen LogP contribution in [-0.2, 0) is 27.3 Å². The van der Waals surface area contributed by atoms with E-state index in [0.29, 0.717) is 10.7 Å². The van der Waals surface area contributed by atoms with Crippen LogP contribution in [-0.4, -0.2) is 40.7 Å². The third-order valence-corrected chi connectivity index (χ3v) is 6.82. The summed E-state index contributed by atoms with van der Waals surface area (Å²) in [4.78, 5) is 40.2. The second kappa shape index (κ2) is 10.7. The number of benzene rings is 2. The quantitative estimate of drug-likeness (QED) is 0.416. The molecule has 0 aliphatic heterocycles. The Hall–Kier alpha value is -3.72. The number of nitrogens with zero attached hydrogens (tertiary/aromatic N) is 1. The average molecular weight is 494 g/mol. The van der Waals surface area contributed by atoms with Gasteiger partial charge in [-0.3, -0.25) is 4.79 Å². The summed E-state index contributed by atoms with van der Waals surface area (Å²) in [6, 6.07) is 15.3. The monoisotopic (exact) mass is 493 g/mol. The van der Waals surface area contributed by atoms with Crippen LogP contribution in [0.4, 0.5) is 4.79 Å². The molecule has 4 rings (SSSR count). The first-order valence-electron chi connectivity index (χ1n) is 11.4. The number of nitrogens with one attached hydrogen (secondary N) is 2. The summed E-state index contributed by atoms with van der Waals surface area (Å²) in [5.74, 6) is -1.73. The lowest BCUT2D eigenvalue weighted by Crippen LogP contribution is -2.44. The van der Waals surface area contributed by atoms with Crippen LogP contribution < -0.4 is 10.6 Å². The normalized spacial score (nSPS) is 13.1. The number of aromatic nitrogens is 1. The van der Waals surface area contributed by atoms with Gasteiger partial charge in [0, 0.05) is 11.3 Å². The average Bonchev–Trinajstić information content (AvgIpc) is 3.41. The van der Waals surface area contributed by atoms with Gasteiger partial charge in [-0.2, -0.15) is 0 Å². The van der Waals surface area contributed by atoms with Crippen molar-refractivity contribution in [2.45, 2.75) is 38.8 Å². The molecule has 1 aliphatic carbocycles.